The number of hydrogen-bond acceptors (Lipinski definition) is 4. The molecule has 0 aliphatic carbocycles. The van der Waals surface area contributed by atoms with Crippen molar-refractivity contribution >= 4 is 23.6 Å². The van der Waals surface area contributed by atoms with Gasteiger partial charge < -0.3 is 19.4 Å². The first-order valence-electron chi connectivity index (χ1n) is 7.40. The summed E-state index contributed by atoms with van der Waals surface area (Å²) in [6, 6.07) is 12.2. The van der Waals surface area contributed by atoms with Crippen molar-refractivity contribution in [3.05, 3.63) is 70.3 Å². The number of halogens is 4. The van der Waals surface area contributed by atoms with E-state index in [0.717, 1.165) is 6.08 Å². The Morgan fingerprint density at radius 1 is 1.15 bits per heavy atom. The van der Waals surface area contributed by atoms with Crippen LogP contribution in [0.25, 0.3) is 6.08 Å². The zero-order chi connectivity index (χ0) is 18.9. The predicted octanol–water partition coefficient (Wildman–Crippen LogP) is 0.345. The van der Waals surface area contributed by atoms with E-state index >= 15 is 0 Å². The summed E-state index contributed by atoms with van der Waals surface area (Å²) in [4.78, 5) is 11.5. The molecule has 0 bridgehead atoms. The number of hydrogen-bond donors (Lipinski definition) is 0. The van der Waals surface area contributed by atoms with E-state index in [4.69, 9.17) is 21.1 Å². The van der Waals surface area contributed by atoms with E-state index < -0.39 is 30.1 Å². The van der Waals surface area contributed by atoms with Gasteiger partial charge >= 0.3 is 41.5 Å². The molecule has 1 unspecified atom stereocenters. The Kier molecular flexibility index (Phi) is 6.65. The third-order valence-electron chi connectivity index (χ3n) is 3.78. The van der Waals surface area contributed by atoms with Crippen molar-refractivity contribution in [2.24, 2.45) is 0 Å². The van der Waals surface area contributed by atoms with Gasteiger partial charge in [0, 0.05) is 5.56 Å². The van der Waals surface area contributed by atoms with Crippen molar-refractivity contribution in [3.63, 3.8) is 0 Å². The third-order valence-corrected chi connectivity index (χ3v) is 4.07. The quantitative estimate of drug-likeness (QED) is 0.687. The molecule has 1 atom stereocenters. The summed E-state index contributed by atoms with van der Waals surface area (Å²) in [5.41, 5.74) is -0.696. The monoisotopic (exact) mass is 406 g/mol. The molecule has 27 heavy (non-hydrogen) atoms. The fourth-order valence-corrected chi connectivity index (χ4v) is 2.77. The van der Waals surface area contributed by atoms with Gasteiger partial charge in [-0.25, -0.2) is 0 Å². The largest absolute Gasteiger partial charge is 1.00 e. The number of para-hydroxylation sites is 1. The van der Waals surface area contributed by atoms with Crippen molar-refractivity contribution in [3.8, 4) is 5.75 Å². The first-order chi connectivity index (χ1) is 12.2. The van der Waals surface area contributed by atoms with Crippen molar-refractivity contribution in [2.45, 2.75) is 18.6 Å². The molecule has 0 N–H and O–H groups in total. The van der Waals surface area contributed by atoms with Crippen LogP contribution in [0.3, 0.4) is 0 Å². The smallest absolute Gasteiger partial charge is 0.545 e. The van der Waals surface area contributed by atoms with Gasteiger partial charge in [-0.1, -0.05) is 54.1 Å². The maximum Gasteiger partial charge on any atom is 1.00 e. The van der Waals surface area contributed by atoms with Crippen LogP contribution in [-0.4, -0.2) is 17.9 Å². The van der Waals surface area contributed by atoms with Crippen LogP contribution in [0.15, 0.2) is 54.1 Å². The molecule has 1 aliphatic rings. The number of aliphatic carboxylic acids is 1. The van der Waals surface area contributed by atoms with Gasteiger partial charge in [0.15, 0.2) is 0 Å². The predicted molar refractivity (Wildman–Crippen MR) is 85.1 cm³/mol. The average Bonchev–Trinajstić information content (AvgIpc) is 2.59. The van der Waals surface area contributed by atoms with E-state index in [1.54, 1.807) is 18.2 Å². The molecular weight excluding hydrogens is 396 g/mol. The van der Waals surface area contributed by atoms with E-state index in [-0.39, 0.29) is 45.9 Å². The molecule has 4 nitrogen and oxygen atoms in total. The average molecular weight is 407 g/mol. The van der Waals surface area contributed by atoms with Crippen molar-refractivity contribution in [1.29, 1.82) is 0 Å². The molecule has 0 aromatic heterocycles. The van der Waals surface area contributed by atoms with E-state index in [1.165, 1.54) is 30.3 Å². The zero-order valence-corrected chi connectivity index (χ0v) is 16.8. The van der Waals surface area contributed by atoms with Crippen LogP contribution >= 0.6 is 11.6 Å². The number of carboxylic acids is 1. The van der Waals surface area contributed by atoms with Gasteiger partial charge in [0.2, 0.25) is 0 Å². The second kappa shape index (κ2) is 8.24. The summed E-state index contributed by atoms with van der Waals surface area (Å²) in [7, 11) is 0. The number of benzene rings is 2. The minimum Gasteiger partial charge on any atom is -0.545 e. The van der Waals surface area contributed by atoms with Gasteiger partial charge in [0.05, 0.1) is 23.2 Å². The Bertz CT molecular complexity index is 871. The molecule has 1 aliphatic heterocycles. The van der Waals surface area contributed by atoms with Crippen LogP contribution in [0.5, 0.6) is 5.75 Å². The number of carbonyl (C=O) groups excluding carboxylic acids is 1. The van der Waals surface area contributed by atoms with Gasteiger partial charge in [0.1, 0.15) is 5.75 Å². The van der Waals surface area contributed by atoms with Crippen molar-refractivity contribution < 1.29 is 62.1 Å². The molecule has 2 aromatic rings. The molecule has 2 aromatic carbocycles. The van der Waals surface area contributed by atoms with Crippen LogP contribution < -0.4 is 39.4 Å². The standard InChI is InChI=1S/C18H12ClF3O4.Na/c19-14-8-4-7-12-9-13(16(23)24)17(18(20,21)22,26-15(12)14)25-10-11-5-2-1-3-6-11;/h1-9H,10H2,(H,23,24);/q;+1/p-1. The summed E-state index contributed by atoms with van der Waals surface area (Å²) >= 11 is 5.92. The Morgan fingerprint density at radius 3 is 2.41 bits per heavy atom. The number of carbonyl (C=O) groups is 1. The molecule has 136 valence electrons. The molecule has 0 saturated carbocycles. The second-order valence-corrected chi connectivity index (χ2v) is 5.90. The number of rotatable bonds is 4. The second-order valence-electron chi connectivity index (χ2n) is 5.49. The zero-order valence-electron chi connectivity index (χ0n) is 14.0. The van der Waals surface area contributed by atoms with Gasteiger partial charge in [-0.2, -0.15) is 13.2 Å². The molecule has 9 heteroatoms. The summed E-state index contributed by atoms with van der Waals surface area (Å²) in [6.45, 7) is -0.537. The molecule has 3 rings (SSSR count). The SMILES string of the molecule is O=C([O-])C1=Cc2cccc(Cl)c2OC1(OCc1ccccc1)C(F)(F)F.[Na+]. The van der Waals surface area contributed by atoms with E-state index in [0.29, 0.717) is 5.56 Å². The van der Waals surface area contributed by atoms with Crippen molar-refractivity contribution in [1.82, 2.24) is 0 Å². The Morgan fingerprint density at radius 2 is 1.81 bits per heavy atom. The van der Waals surface area contributed by atoms with E-state index in [2.05, 4.69) is 0 Å². The van der Waals surface area contributed by atoms with Gasteiger partial charge in [-0.3, -0.25) is 0 Å². The molecule has 0 spiro atoms. The fourth-order valence-electron chi connectivity index (χ4n) is 2.55. The van der Waals surface area contributed by atoms with E-state index in [1.807, 2.05) is 0 Å². The molecule has 0 radical (unpaired) electrons. The molecule has 0 amide bonds. The number of carboxylic acid groups (broad SMARTS) is 1. The Hall–Kier alpha value is -1.51. The van der Waals surface area contributed by atoms with Crippen LogP contribution in [0.4, 0.5) is 13.2 Å². The molecular formula is C18H11ClF3NaO4. The normalized spacial score (nSPS) is 18.6. The third kappa shape index (κ3) is 4.17. The Balaban J connectivity index is 0.00000261. The molecule has 1 heterocycles. The summed E-state index contributed by atoms with van der Waals surface area (Å²) in [5.74, 6) is -5.91. The van der Waals surface area contributed by atoms with Gasteiger partial charge in [0.25, 0.3) is 0 Å². The van der Waals surface area contributed by atoms with Crippen LogP contribution in [0.2, 0.25) is 5.02 Å². The van der Waals surface area contributed by atoms with Crippen LogP contribution in [-0.2, 0) is 16.1 Å². The minimum atomic E-state index is -5.20. The summed E-state index contributed by atoms with van der Waals surface area (Å²) in [6.07, 6.45) is -4.40. The minimum absolute atomic E-state index is 0. The first-order valence-corrected chi connectivity index (χ1v) is 7.78. The van der Waals surface area contributed by atoms with Crippen molar-refractivity contribution in [2.75, 3.05) is 0 Å². The maximum atomic E-state index is 13.9. The Labute approximate surface area is 179 Å². The number of fused-ring (bicyclic) bond motifs is 1. The van der Waals surface area contributed by atoms with Gasteiger partial charge in [-0.15, -0.1) is 0 Å². The molecule has 0 fully saturated rings. The fraction of sp³-hybridized carbons (Fsp3) is 0.167. The first kappa shape index (κ1) is 21.8. The topological polar surface area (TPSA) is 58.6 Å². The van der Waals surface area contributed by atoms with E-state index in [9.17, 15) is 23.1 Å². The maximum absolute atomic E-state index is 13.9. The number of ether oxygens (including phenoxy) is 2. The summed E-state index contributed by atoms with van der Waals surface area (Å²) < 4.78 is 51.8. The van der Waals surface area contributed by atoms with Gasteiger partial charge in [-0.05, 0) is 17.7 Å². The molecule has 0 saturated heterocycles. The number of alkyl halides is 3. The summed E-state index contributed by atoms with van der Waals surface area (Å²) in [5, 5.41) is 11.3. The van der Waals surface area contributed by atoms with Crippen LogP contribution in [0.1, 0.15) is 11.1 Å². The van der Waals surface area contributed by atoms with Crippen LogP contribution in [0, 0.1) is 0 Å².